The first-order valence-electron chi connectivity index (χ1n) is 12.2. The standard InChI is InChI=1S/C24H39F3N4O6/c1-14(2)13-23(5,29-21(37-7)24(25,26)27)22(36)30(6)18(15(3)4)19(34)28-16(12-17(32)33)20(35)31-10-8-9-11-31/h14-16,18H,8-13H2,1-7H3,(H,28,34)(H,32,33)/t16-,18-,23-/m0/s1. The number of amides is 3. The van der Waals surface area contributed by atoms with Gasteiger partial charge in [-0.3, -0.25) is 19.2 Å². The van der Waals surface area contributed by atoms with E-state index in [0.717, 1.165) is 24.9 Å². The summed E-state index contributed by atoms with van der Waals surface area (Å²) in [4.78, 5) is 57.3. The van der Waals surface area contributed by atoms with Crippen molar-refractivity contribution in [3.05, 3.63) is 0 Å². The fourth-order valence-corrected chi connectivity index (χ4v) is 4.65. The molecule has 0 aliphatic carbocycles. The van der Waals surface area contributed by atoms with E-state index in [0.29, 0.717) is 13.1 Å². The molecule has 212 valence electrons. The van der Waals surface area contributed by atoms with Crippen molar-refractivity contribution >= 4 is 29.6 Å². The van der Waals surface area contributed by atoms with Crippen molar-refractivity contribution in [1.82, 2.24) is 15.1 Å². The third-order valence-electron chi connectivity index (χ3n) is 6.10. The second-order valence-corrected chi connectivity index (χ2v) is 10.3. The van der Waals surface area contributed by atoms with Crippen LogP contribution >= 0.6 is 0 Å². The fraction of sp³-hybridized carbons (Fsp3) is 0.792. The summed E-state index contributed by atoms with van der Waals surface area (Å²) in [5.41, 5.74) is -1.91. The van der Waals surface area contributed by atoms with Crippen LogP contribution in [0.4, 0.5) is 13.2 Å². The van der Waals surface area contributed by atoms with Crippen LogP contribution in [0.25, 0.3) is 0 Å². The molecule has 10 nitrogen and oxygen atoms in total. The highest BCUT2D eigenvalue weighted by Gasteiger charge is 2.46. The smallest absolute Gasteiger partial charge is 0.468 e. The third-order valence-corrected chi connectivity index (χ3v) is 6.10. The number of carboxylic acid groups (broad SMARTS) is 1. The van der Waals surface area contributed by atoms with Crippen LogP contribution in [-0.4, -0.2) is 95.5 Å². The summed E-state index contributed by atoms with van der Waals surface area (Å²) in [6, 6.07) is -2.56. The molecular formula is C24H39F3N4O6. The van der Waals surface area contributed by atoms with Gasteiger partial charge < -0.3 is 25.0 Å². The number of halogens is 3. The second kappa shape index (κ2) is 13.1. The van der Waals surface area contributed by atoms with E-state index < -0.39 is 65.7 Å². The van der Waals surface area contributed by atoms with Gasteiger partial charge in [0.05, 0.1) is 13.5 Å². The lowest BCUT2D eigenvalue weighted by Gasteiger charge is -2.37. The highest BCUT2D eigenvalue weighted by atomic mass is 19.4. The zero-order valence-electron chi connectivity index (χ0n) is 22.5. The number of alkyl halides is 3. The normalized spacial score (nSPS) is 17.8. The predicted octanol–water partition coefficient (Wildman–Crippen LogP) is 2.46. The number of rotatable bonds is 11. The van der Waals surface area contributed by atoms with Gasteiger partial charge in [-0.1, -0.05) is 27.7 Å². The van der Waals surface area contributed by atoms with E-state index >= 15 is 0 Å². The van der Waals surface area contributed by atoms with Gasteiger partial charge in [0.1, 0.15) is 17.6 Å². The lowest BCUT2D eigenvalue weighted by molar-refractivity contribution is -0.147. The van der Waals surface area contributed by atoms with Crippen molar-refractivity contribution in [2.75, 3.05) is 27.2 Å². The summed E-state index contributed by atoms with van der Waals surface area (Å²) in [5, 5.41) is 11.8. The largest absolute Gasteiger partial charge is 0.481 e. The van der Waals surface area contributed by atoms with E-state index in [1.807, 2.05) is 0 Å². The summed E-state index contributed by atoms with van der Waals surface area (Å²) in [5.74, 6) is -5.80. The maximum Gasteiger partial charge on any atom is 0.468 e. The van der Waals surface area contributed by atoms with Crippen LogP contribution < -0.4 is 5.32 Å². The summed E-state index contributed by atoms with van der Waals surface area (Å²) in [6.07, 6.45) is -4.12. The Morgan fingerprint density at radius 2 is 1.65 bits per heavy atom. The van der Waals surface area contributed by atoms with Crippen molar-refractivity contribution < 1.29 is 42.2 Å². The van der Waals surface area contributed by atoms with Crippen LogP contribution in [-0.2, 0) is 23.9 Å². The Bertz CT molecular complexity index is 871. The molecule has 2 N–H and O–H groups in total. The molecule has 0 radical (unpaired) electrons. The number of methoxy groups -OCH3 is 1. The zero-order valence-corrected chi connectivity index (χ0v) is 22.5. The predicted molar refractivity (Wildman–Crippen MR) is 130 cm³/mol. The highest BCUT2D eigenvalue weighted by Crippen LogP contribution is 2.29. The van der Waals surface area contributed by atoms with Gasteiger partial charge in [-0.2, -0.15) is 13.2 Å². The molecule has 0 aromatic heterocycles. The minimum absolute atomic E-state index is 0.0688. The molecule has 1 rings (SSSR count). The van der Waals surface area contributed by atoms with Crippen LogP contribution in [0.15, 0.2) is 4.99 Å². The molecule has 1 heterocycles. The molecule has 0 saturated carbocycles. The molecule has 1 aliphatic rings. The van der Waals surface area contributed by atoms with Gasteiger partial charge in [0.2, 0.25) is 11.8 Å². The zero-order chi connectivity index (χ0) is 28.7. The first-order chi connectivity index (χ1) is 16.9. The summed E-state index contributed by atoms with van der Waals surface area (Å²) in [6.45, 7) is 8.83. The molecule has 0 aromatic carbocycles. The number of carbonyl (C=O) groups is 4. The Labute approximate surface area is 215 Å². The number of nitrogens with one attached hydrogen (secondary N) is 1. The van der Waals surface area contributed by atoms with Crippen molar-refractivity contribution in [3.63, 3.8) is 0 Å². The SMILES string of the molecule is COC(=N[C@@](C)(CC(C)C)C(=O)N(C)[C@H](C(=O)N[C@@H](CC(=O)O)C(=O)N1CCCC1)C(C)C)C(F)(F)F. The Kier molecular flexibility index (Phi) is 11.4. The van der Waals surface area contributed by atoms with Crippen molar-refractivity contribution in [2.45, 2.75) is 84.1 Å². The Hall–Kier alpha value is -2.86. The van der Waals surface area contributed by atoms with Gasteiger partial charge >= 0.3 is 12.1 Å². The number of nitrogens with zero attached hydrogens (tertiary/aromatic N) is 3. The van der Waals surface area contributed by atoms with E-state index in [1.54, 1.807) is 27.7 Å². The molecule has 0 bridgehead atoms. The Morgan fingerprint density at radius 1 is 1.11 bits per heavy atom. The number of likely N-dealkylation sites (tertiary alicyclic amines) is 1. The first kappa shape index (κ1) is 32.2. The monoisotopic (exact) mass is 536 g/mol. The number of hydrogen-bond acceptors (Lipinski definition) is 6. The highest BCUT2D eigenvalue weighted by molar-refractivity contribution is 5.96. The van der Waals surface area contributed by atoms with Crippen LogP contribution in [0.1, 0.15) is 60.3 Å². The molecule has 0 unspecified atom stereocenters. The number of aliphatic imine (C=N–C) groups is 1. The molecule has 0 spiro atoms. The van der Waals surface area contributed by atoms with E-state index in [1.165, 1.54) is 18.9 Å². The van der Waals surface area contributed by atoms with Crippen molar-refractivity contribution in [3.8, 4) is 0 Å². The molecule has 3 amide bonds. The average Bonchev–Trinajstić information content (AvgIpc) is 3.29. The van der Waals surface area contributed by atoms with Crippen LogP contribution in [0, 0.1) is 11.8 Å². The summed E-state index contributed by atoms with van der Waals surface area (Å²) >= 11 is 0. The second-order valence-electron chi connectivity index (χ2n) is 10.3. The Balaban J connectivity index is 3.34. The average molecular weight is 537 g/mol. The van der Waals surface area contributed by atoms with Gasteiger partial charge in [-0.15, -0.1) is 0 Å². The molecule has 13 heteroatoms. The fourth-order valence-electron chi connectivity index (χ4n) is 4.65. The maximum absolute atomic E-state index is 13.6. The van der Waals surface area contributed by atoms with E-state index in [-0.39, 0.29) is 12.3 Å². The summed E-state index contributed by atoms with van der Waals surface area (Å²) in [7, 11) is 2.08. The molecule has 1 saturated heterocycles. The number of aliphatic carboxylic acids is 1. The number of carboxylic acids is 1. The number of hydrogen-bond donors (Lipinski definition) is 2. The topological polar surface area (TPSA) is 129 Å². The van der Waals surface area contributed by atoms with Gasteiger partial charge in [-0.25, -0.2) is 4.99 Å². The number of likely N-dealkylation sites (N-methyl/N-ethyl adjacent to an activating group) is 1. The number of carbonyl (C=O) groups excluding carboxylic acids is 3. The third kappa shape index (κ3) is 8.89. The van der Waals surface area contributed by atoms with E-state index in [4.69, 9.17) is 0 Å². The van der Waals surface area contributed by atoms with Gasteiger partial charge in [0, 0.05) is 20.1 Å². The van der Waals surface area contributed by atoms with Crippen LogP contribution in [0.2, 0.25) is 0 Å². The number of ether oxygens (including phenoxy) is 1. The molecule has 0 aromatic rings. The van der Waals surface area contributed by atoms with Crippen LogP contribution in [0.3, 0.4) is 0 Å². The first-order valence-corrected chi connectivity index (χ1v) is 12.2. The molecular weight excluding hydrogens is 497 g/mol. The molecule has 37 heavy (non-hydrogen) atoms. The summed E-state index contributed by atoms with van der Waals surface area (Å²) < 4.78 is 44.6. The minimum atomic E-state index is -4.93. The van der Waals surface area contributed by atoms with Crippen LogP contribution in [0.5, 0.6) is 0 Å². The van der Waals surface area contributed by atoms with E-state index in [2.05, 4.69) is 15.0 Å². The molecule has 3 atom stereocenters. The van der Waals surface area contributed by atoms with E-state index in [9.17, 15) is 37.5 Å². The quantitative estimate of drug-likeness (QED) is 0.308. The van der Waals surface area contributed by atoms with Gasteiger partial charge in [0.25, 0.3) is 11.8 Å². The maximum atomic E-state index is 13.6. The Morgan fingerprint density at radius 3 is 2.05 bits per heavy atom. The molecule has 1 fully saturated rings. The van der Waals surface area contributed by atoms with Gasteiger partial charge in [0.15, 0.2) is 0 Å². The minimum Gasteiger partial charge on any atom is -0.481 e. The lowest BCUT2D eigenvalue weighted by Crippen LogP contribution is -2.59. The lowest BCUT2D eigenvalue weighted by atomic mass is 9.88. The van der Waals surface area contributed by atoms with Crippen molar-refractivity contribution in [2.24, 2.45) is 16.8 Å². The van der Waals surface area contributed by atoms with Gasteiger partial charge in [-0.05, 0) is 38.0 Å². The van der Waals surface area contributed by atoms with Crippen molar-refractivity contribution in [1.29, 1.82) is 0 Å². The molecule has 1 aliphatic heterocycles.